The molecular weight excluding hydrogens is 442 g/mol. The van der Waals surface area contributed by atoms with Gasteiger partial charge in [0.05, 0.1) is 18.2 Å². The molecule has 2 amide bonds. The van der Waals surface area contributed by atoms with E-state index in [1.165, 1.54) is 6.42 Å². The fourth-order valence-corrected chi connectivity index (χ4v) is 5.08. The van der Waals surface area contributed by atoms with Gasteiger partial charge in [0, 0.05) is 12.6 Å². The number of esters is 1. The van der Waals surface area contributed by atoms with Crippen molar-refractivity contribution in [3.63, 3.8) is 0 Å². The molecule has 0 aliphatic heterocycles. The van der Waals surface area contributed by atoms with E-state index in [-0.39, 0.29) is 35.7 Å². The smallest absolute Gasteiger partial charge is 0.333 e. The van der Waals surface area contributed by atoms with E-state index in [0.29, 0.717) is 25.0 Å². The number of likely N-dealkylation sites (N-methyl/N-ethyl adjacent to an activating group) is 1. The Morgan fingerprint density at radius 2 is 1.66 bits per heavy atom. The second-order valence-electron chi connectivity index (χ2n) is 10.3. The number of rotatable bonds is 14. The maximum atomic E-state index is 14.0. The zero-order chi connectivity index (χ0) is 26.6. The van der Waals surface area contributed by atoms with E-state index < -0.39 is 11.6 Å². The Bertz CT molecular complexity index is 709. The van der Waals surface area contributed by atoms with Crippen LogP contribution >= 0.6 is 0 Å². The van der Waals surface area contributed by atoms with Gasteiger partial charge in [0.1, 0.15) is 6.04 Å². The van der Waals surface area contributed by atoms with Gasteiger partial charge in [-0.25, -0.2) is 4.79 Å². The van der Waals surface area contributed by atoms with Crippen molar-refractivity contribution < 1.29 is 19.1 Å². The number of hydrogen-bond donors (Lipinski definition) is 2. The Morgan fingerprint density at radius 1 is 1.06 bits per heavy atom. The Kier molecular flexibility index (Phi) is 13.6. The Labute approximate surface area is 213 Å². The minimum Gasteiger partial charge on any atom is -0.463 e. The quantitative estimate of drug-likeness (QED) is 0.273. The predicted molar refractivity (Wildman–Crippen MR) is 142 cm³/mol. The molecular formula is C28H51N3O4. The molecule has 0 aromatic rings. The van der Waals surface area contributed by atoms with Crippen molar-refractivity contribution in [1.82, 2.24) is 15.5 Å². The molecule has 1 fully saturated rings. The highest BCUT2D eigenvalue weighted by atomic mass is 16.5. The Morgan fingerprint density at radius 3 is 2.14 bits per heavy atom. The van der Waals surface area contributed by atoms with E-state index in [1.54, 1.807) is 25.8 Å². The summed E-state index contributed by atoms with van der Waals surface area (Å²) in [6.07, 6.45) is 9.26. The summed E-state index contributed by atoms with van der Waals surface area (Å²) in [5, 5.41) is 6.66. The minimum absolute atomic E-state index is 0.0894. The van der Waals surface area contributed by atoms with Crippen molar-refractivity contribution in [2.45, 2.75) is 117 Å². The van der Waals surface area contributed by atoms with Crippen molar-refractivity contribution in [3.8, 4) is 0 Å². The fourth-order valence-electron chi connectivity index (χ4n) is 5.08. The van der Waals surface area contributed by atoms with Crippen LogP contribution in [0.2, 0.25) is 0 Å². The number of nitrogens with one attached hydrogen (secondary N) is 2. The van der Waals surface area contributed by atoms with Crippen LogP contribution in [-0.2, 0) is 19.1 Å². The lowest BCUT2D eigenvalue weighted by Gasteiger charge is -2.39. The molecule has 0 heterocycles. The van der Waals surface area contributed by atoms with E-state index >= 15 is 0 Å². The molecule has 202 valence electrons. The lowest BCUT2D eigenvalue weighted by atomic mass is 9.82. The number of amides is 2. The van der Waals surface area contributed by atoms with Crippen LogP contribution < -0.4 is 10.6 Å². The summed E-state index contributed by atoms with van der Waals surface area (Å²) in [6, 6.07) is -0.860. The van der Waals surface area contributed by atoms with E-state index in [0.717, 1.165) is 38.6 Å². The van der Waals surface area contributed by atoms with Crippen molar-refractivity contribution in [2.75, 3.05) is 20.2 Å². The molecule has 35 heavy (non-hydrogen) atoms. The highest BCUT2D eigenvalue weighted by molar-refractivity contribution is 5.92. The first kappa shape index (κ1) is 31.1. The molecule has 1 rings (SSSR count). The third-order valence-electron chi connectivity index (χ3n) is 7.53. The molecule has 2 atom stereocenters. The van der Waals surface area contributed by atoms with Crippen LogP contribution in [0.15, 0.2) is 11.6 Å². The zero-order valence-electron chi connectivity index (χ0n) is 23.5. The van der Waals surface area contributed by atoms with Gasteiger partial charge in [-0.05, 0) is 64.3 Å². The number of ether oxygens (including phenoxy) is 1. The highest BCUT2D eigenvalue weighted by Gasteiger charge is 2.40. The van der Waals surface area contributed by atoms with Crippen LogP contribution in [0.4, 0.5) is 0 Å². The maximum Gasteiger partial charge on any atom is 0.333 e. The third-order valence-corrected chi connectivity index (χ3v) is 7.53. The summed E-state index contributed by atoms with van der Waals surface area (Å²) in [6.45, 7) is 14.8. The first-order valence-corrected chi connectivity index (χ1v) is 13.8. The number of carbonyl (C=O) groups is 3. The lowest BCUT2D eigenvalue weighted by Crippen LogP contribution is -2.62. The van der Waals surface area contributed by atoms with Crippen molar-refractivity contribution in [2.24, 2.45) is 11.8 Å². The Balaban J connectivity index is 3.27. The summed E-state index contributed by atoms with van der Waals surface area (Å²) in [4.78, 5) is 41.5. The highest BCUT2D eigenvalue weighted by Crippen LogP contribution is 2.29. The van der Waals surface area contributed by atoms with Gasteiger partial charge in [0.2, 0.25) is 11.8 Å². The van der Waals surface area contributed by atoms with Crippen LogP contribution in [0.1, 0.15) is 99.8 Å². The number of nitrogens with zero attached hydrogens (tertiary/aromatic N) is 1. The van der Waals surface area contributed by atoms with E-state index in [2.05, 4.69) is 17.6 Å². The summed E-state index contributed by atoms with van der Waals surface area (Å²) >= 11 is 0. The van der Waals surface area contributed by atoms with Crippen molar-refractivity contribution >= 4 is 17.8 Å². The standard InChI is InChI=1S/C28H51N3O4/c1-9-18-29-28(10-2,11-3)27(34)30-24(22-16-14-13-15-17-22)25(32)31(8)23(20(5)6)19-21(7)26(33)35-12-4/h19-20,22-24,29H,9-18H2,1-8H3,(H,30,34)/b21-19+. The topological polar surface area (TPSA) is 87.7 Å². The molecule has 2 unspecified atom stereocenters. The van der Waals surface area contributed by atoms with E-state index in [1.807, 2.05) is 33.8 Å². The molecule has 0 aromatic heterocycles. The number of carbonyl (C=O) groups excluding carboxylic acids is 3. The largest absolute Gasteiger partial charge is 0.463 e. The van der Waals surface area contributed by atoms with Gasteiger partial charge >= 0.3 is 5.97 Å². The van der Waals surface area contributed by atoms with Crippen LogP contribution in [0, 0.1) is 11.8 Å². The van der Waals surface area contributed by atoms with E-state index in [9.17, 15) is 14.4 Å². The monoisotopic (exact) mass is 493 g/mol. The third kappa shape index (κ3) is 8.62. The molecule has 0 radical (unpaired) electrons. The Hall–Kier alpha value is -1.89. The fraction of sp³-hybridized carbons (Fsp3) is 0.821. The first-order chi connectivity index (χ1) is 16.6. The predicted octanol–water partition coefficient (Wildman–Crippen LogP) is 4.60. The molecule has 0 aromatic carbocycles. The number of hydrogen-bond acceptors (Lipinski definition) is 5. The summed E-state index contributed by atoms with van der Waals surface area (Å²) < 4.78 is 5.14. The average molecular weight is 494 g/mol. The summed E-state index contributed by atoms with van der Waals surface area (Å²) in [5.74, 6) is -0.342. The van der Waals surface area contributed by atoms with E-state index in [4.69, 9.17) is 4.74 Å². The normalized spacial score (nSPS) is 17.1. The summed E-state index contributed by atoms with van der Waals surface area (Å²) in [5.41, 5.74) is -0.192. The van der Waals surface area contributed by atoms with Gasteiger partial charge in [-0.15, -0.1) is 0 Å². The van der Waals surface area contributed by atoms with Crippen LogP contribution in [0.3, 0.4) is 0 Å². The molecule has 1 aliphatic carbocycles. The average Bonchev–Trinajstić information content (AvgIpc) is 2.86. The van der Waals surface area contributed by atoms with Gasteiger partial charge in [-0.2, -0.15) is 0 Å². The second-order valence-corrected chi connectivity index (χ2v) is 10.3. The van der Waals surface area contributed by atoms with Gasteiger partial charge < -0.3 is 20.3 Å². The summed E-state index contributed by atoms with van der Waals surface area (Å²) in [7, 11) is 1.78. The molecule has 1 saturated carbocycles. The van der Waals surface area contributed by atoms with Crippen molar-refractivity contribution in [3.05, 3.63) is 11.6 Å². The molecule has 7 nitrogen and oxygen atoms in total. The van der Waals surface area contributed by atoms with Crippen LogP contribution in [0.25, 0.3) is 0 Å². The molecule has 0 saturated heterocycles. The second kappa shape index (κ2) is 15.3. The SMILES string of the molecule is CCCNC(CC)(CC)C(=O)NC(C(=O)N(C)C(/C=C(\C)C(=O)OCC)C(C)C)C1CCCCC1. The lowest BCUT2D eigenvalue weighted by molar-refractivity contribution is -0.141. The molecule has 0 bridgehead atoms. The van der Waals surface area contributed by atoms with Crippen molar-refractivity contribution in [1.29, 1.82) is 0 Å². The van der Waals surface area contributed by atoms with Crippen LogP contribution in [0.5, 0.6) is 0 Å². The van der Waals surface area contributed by atoms with Crippen LogP contribution in [-0.4, -0.2) is 60.5 Å². The van der Waals surface area contributed by atoms with Gasteiger partial charge in [-0.1, -0.05) is 60.0 Å². The molecule has 2 N–H and O–H groups in total. The molecule has 1 aliphatic rings. The molecule has 0 spiro atoms. The molecule has 7 heteroatoms. The first-order valence-electron chi connectivity index (χ1n) is 13.8. The minimum atomic E-state index is -0.681. The maximum absolute atomic E-state index is 14.0. The van der Waals surface area contributed by atoms with Gasteiger partial charge in [0.15, 0.2) is 0 Å². The van der Waals surface area contributed by atoms with Gasteiger partial charge in [0.25, 0.3) is 0 Å². The van der Waals surface area contributed by atoms with Gasteiger partial charge in [-0.3, -0.25) is 9.59 Å². The zero-order valence-corrected chi connectivity index (χ0v) is 23.5.